The van der Waals surface area contributed by atoms with E-state index in [1.54, 1.807) is 24.3 Å². The highest BCUT2D eigenvalue weighted by Crippen LogP contribution is 2.32. The molecule has 3 rings (SSSR count). The minimum Gasteiger partial charge on any atom is -0.454 e. The molecule has 1 atom stereocenters. The van der Waals surface area contributed by atoms with Crippen LogP contribution in [0.3, 0.4) is 0 Å². The third-order valence-corrected chi connectivity index (χ3v) is 3.60. The largest absolute Gasteiger partial charge is 0.454 e. The van der Waals surface area contributed by atoms with Crippen LogP contribution in [0.15, 0.2) is 48.5 Å². The molecule has 6 heteroatoms. The maximum Gasteiger partial charge on any atom is 0.331 e. The predicted octanol–water partition coefficient (Wildman–Crippen LogP) is 3.38. The molecule has 1 aliphatic heterocycles. The minimum atomic E-state index is -0.973. The zero-order valence-corrected chi connectivity index (χ0v) is 13.4. The van der Waals surface area contributed by atoms with Crippen LogP contribution < -0.4 is 9.47 Å². The van der Waals surface area contributed by atoms with Crippen molar-refractivity contribution < 1.29 is 28.2 Å². The maximum atomic E-state index is 12.9. The summed E-state index contributed by atoms with van der Waals surface area (Å²) in [6.07, 6.45) is 1.81. The SMILES string of the molecule is C[C@@H](OC(=O)/C=C/c1ccc2c(c1)OCO2)C(=O)c1ccc(F)cc1. The van der Waals surface area contributed by atoms with E-state index in [-0.39, 0.29) is 12.4 Å². The molecule has 2 aromatic carbocycles. The molecule has 2 aromatic rings. The van der Waals surface area contributed by atoms with Crippen molar-refractivity contribution in [2.45, 2.75) is 13.0 Å². The Morgan fingerprint density at radius 3 is 2.60 bits per heavy atom. The van der Waals surface area contributed by atoms with Gasteiger partial charge in [0.05, 0.1) is 0 Å². The third-order valence-electron chi connectivity index (χ3n) is 3.60. The number of carbonyl (C=O) groups excluding carboxylic acids is 2. The Kier molecular flexibility index (Phi) is 4.79. The number of fused-ring (bicyclic) bond motifs is 1. The number of rotatable bonds is 5. The van der Waals surface area contributed by atoms with Crippen LogP contribution in [0.5, 0.6) is 11.5 Å². The predicted molar refractivity (Wildman–Crippen MR) is 87.9 cm³/mol. The first kappa shape index (κ1) is 16.7. The smallest absolute Gasteiger partial charge is 0.331 e. The van der Waals surface area contributed by atoms with Gasteiger partial charge in [0, 0.05) is 11.6 Å². The van der Waals surface area contributed by atoms with E-state index < -0.39 is 23.7 Å². The molecular weight excluding hydrogens is 327 g/mol. The first-order chi connectivity index (χ1) is 12.0. The summed E-state index contributed by atoms with van der Waals surface area (Å²) in [5.74, 6) is -0.230. The summed E-state index contributed by atoms with van der Waals surface area (Å²) < 4.78 is 28.4. The normalized spacial score (nSPS) is 13.7. The number of ketones is 1. The van der Waals surface area contributed by atoms with Crippen LogP contribution in [-0.2, 0) is 9.53 Å². The summed E-state index contributed by atoms with van der Waals surface area (Å²) in [7, 11) is 0. The van der Waals surface area contributed by atoms with Crippen LogP contribution >= 0.6 is 0 Å². The molecule has 0 unspecified atom stereocenters. The molecule has 1 aliphatic rings. The summed E-state index contributed by atoms with van der Waals surface area (Å²) in [6, 6.07) is 10.3. The Morgan fingerprint density at radius 2 is 1.84 bits per heavy atom. The lowest BCUT2D eigenvalue weighted by Gasteiger charge is -2.10. The molecule has 0 N–H and O–H groups in total. The van der Waals surface area contributed by atoms with Crippen LogP contribution in [0.4, 0.5) is 4.39 Å². The van der Waals surface area contributed by atoms with Gasteiger partial charge in [0.1, 0.15) is 5.82 Å². The number of hydrogen-bond donors (Lipinski definition) is 0. The molecule has 128 valence electrons. The minimum absolute atomic E-state index is 0.174. The van der Waals surface area contributed by atoms with Crippen molar-refractivity contribution in [3.05, 3.63) is 65.5 Å². The lowest BCUT2D eigenvalue weighted by molar-refractivity contribution is -0.140. The number of esters is 1. The number of ether oxygens (including phenoxy) is 3. The van der Waals surface area contributed by atoms with Gasteiger partial charge in [-0.25, -0.2) is 9.18 Å². The van der Waals surface area contributed by atoms with E-state index in [0.717, 1.165) is 5.56 Å². The molecule has 5 nitrogen and oxygen atoms in total. The quantitative estimate of drug-likeness (QED) is 0.474. The van der Waals surface area contributed by atoms with E-state index in [0.29, 0.717) is 11.5 Å². The van der Waals surface area contributed by atoms with Gasteiger partial charge in [0.2, 0.25) is 12.6 Å². The third kappa shape index (κ3) is 4.03. The van der Waals surface area contributed by atoms with Crippen LogP contribution in [0, 0.1) is 5.82 Å². The number of benzene rings is 2. The number of carbonyl (C=O) groups is 2. The van der Waals surface area contributed by atoms with Crippen molar-refractivity contribution in [3.8, 4) is 11.5 Å². The molecule has 0 radical (unpaired) electrons. The molecule has 0 aromatic heterocycles. The van der Waals surface area contributed by atoms with Crippen molar-refractivity contribution in [1.29, 1.82) is 0 Å². The molecule has 0 aliphatic carbocycles. The average Bonchev–Trinajstić information content (AvgIpc) is 3.07. The highest BCUT2D eigenvalue weighted by atomic mass is 19.1. The highest BCUT2D eigenvalue weighted by molar-refractivity contribution is 6.01. The molecule has 0 amide bonds. The first-order valence-corrected chi connectivity index (χ1v) is 7.61. The lowest BCUT2D eigenvalue weighted by Crippen LogP contribution is -2.23. The van der Waals surface area contributed by atoms with E-state index in [9.17, 15) is 14.0 Å². The van der Waals surface area contributed by atoms with Crippen LogP contribution in [0.25, 0.3) is 6.08 Å². The summed E-state index contributed by atoms with van der Waals surface area (Å²) in [6.45, 7) is 1.64. The van der Waals surface area contributed by atoms with Crippen molar-refractivity contribution >= 4 is 17.8 Å². The number of Topliss-reactive ketones (excluding diaryl/α,β-unsaturated/α-hetero) is 1. The molecule has 0 fully saturated rings. The topological polar surface area (TPSA) is 61.8 Å². The van der Waals surface area contributed by atoms with E-state index in [1.807, 2.05) is 0 Å². The second-order valence-corrected chi connectivity index (χ2v) is 5.40. The van der Waals surface area contributed by atoms with Gasteiger partial charge in [-0.3, -0.25) is 4.79 Å². The van der Waals surface area contributed by atoms with E-state index in [2.05, 4.69) is 0 Å². The molecule has 0 saturated carbocycles. The Labute approximate surface area is 143 Å². The van der Waals surface area contributed by atoms with E-state index in [1.165, 1.54) is 37.3 Å². The monoisotopic (exact) mass is 342 g/mol. The van der Waals surface area contributed by atoms with E-state index >= 15 is 0 Å². The summed E-state index contributed by atoms with van der Waals surface area (Å²) in [5.41, 5.74) is 1.01. The van der Waals surface area contributed by atoms with Crippen molar-refractivity contribution in [3.63, 3.8) is 0 Å². The summed E-state index contributed by atoms with van der Waals surface area (Å²) in [4.78, 5) is 24.0. The summed E-state index contributed by atoms with van der Waals surface area (Å²) in [5, 5.41) is 0. The Hall–Kier alpha value is -3.15. The van der Waals surface area contributed by atoms with Crippen LogP contribution in [0.2, 0.25) is 0 Å². The Morgan fingerprint density at radius 1 is 1.12 bits per heavy atom. The van der Waals surface area contributed by atoms with Crippen molar-refractivity contribution in [2.75, 3.05) is 6.79 Å². The van der Waals surface area contributed by atoms with Crippen LogP contribution in [-0.4, -0.2) is 24.6 Å². The maximum absolute atomic E-state index is 12.9. The fraction of sp³-hybridized carbons (Fsp3) is 0.158. The molecular formula is C19H15FO5. The standard InChI is InChI=1S/C19H15FO5/c1-12(19(22)14-4-6-15(20)7-5-14)25-18(21)9-3-13-2-8-16-17(10-13)24-11-23-16/h2-10,12H,11H2,1H3/b9-3+/t12-/m1/s1. The van der Waals surface area contributed by atoms with Gasteiger partial charge < -0.3 is 14.2 Å². The fourth-order valence-electron chi connectivity index (χ4n) is 2.30. The molecule has 25 heavy (non-hydrogen) atoms. The van der Waals surface area contributed by atoms with Crippen molar-refractivity contribution in [2.24, 2.45) is 0 Å². The van der Waals surface area contributed by atoms with Gasteiger partial charge in [-0.05, 0) is 55.0 Å². The number of halogens is 1. The van der Waals surface area contributed by atoms with Crippen LogP contribution in [0.1, 0.15) is 22.8 Å². The number of hydrogen-bond acceptors (Lipinski definition) is 5. The second-order valence-electron chi connectivity index (χ2n) is 5.40. The molecule has 0 bridgehead atoms. The zero-order valence-electron chi connectivity index (χ0n) is 13.4. The van der Waals surface area contributed by atoms with Gasteiger partial charge in [0.25, 0.3) is 0 Å². The highest BCUT2D eigenvalue weighted by Gasteiger charge is 2.18. The van der Waals surface area contributed by atoms with E-state index in [4.69, 9.17) is 14.2 Å². The van der Waals surface area contributed by atoms with Crippen molar-refractivity contribution in [1.82, 2.24) is 0 Å². The van der Waals surface area contributed by atoms with Gasteiger partial charge >= 0.3 is 5.97 Å². The van der Waals surface area contributed by atoms with Gasteiger partial charge in [-0.2, -0.15) is 0 Å². The molecule has 1 heterocycles. The Balaban J connectivity index is 1.59. The first-order valence-electron chi connectivity index (χ1n) is 7.61. The molecule has 0 spiro atoms. The Bertz CT molecular complexity index is 826. The molecule has 0 saturated heterocycles. The van der Waals surface area contributed by atoms with Gasteiger partial charge in [-0.15, -0.1) is 0 Å². The lowest BCUT2D eigenvalue weighted by atomic mass is 10.1. The fourth-order valence-corrected chi connectivity index (χ4v) is 2.30. The van der Waals surface area contributed by atoms with Gasteiger partial charge in [0.15, 0.2) is 17.6 Å². The summed E-state index contributed by atoms with van der Waals surface area (Å²) >= 11 is 0. The second kappa shape index (κ2) is 7.17. The zero-order chi connectivity index (χ0) is 17.8. The average molecular weight is 342 g/mol. The van der Waals surface area contributed by atoms with Gasteiger partial charge in [-0.1, -0.05) is 6.07 Å².